The highest BCUT2D eigenvalue weighted by Crippen LogP contribution is 2.67. The van der Waals surface area contributed by atoms with Crippen LogP contribution < -0.4 is 0 Å². The van der Waals surface area contributed by atoms with Crippen LogP contribution >= 0.6 is 0 Å². The first kappa shape index (κ1) is 29.1. The zero-order valence-corrected chi connectivity index (χ0v) is 23.0. The Morgan fingerprint density at radius 2 is 1.86 bits per heavy atom. The molecule has 0 radical (unpaired) electrons. The number of allylic oxidation sites excluding steroid dienone is 2. The van der Waals surface area contributed by atoms with Gasteiger partial charge in [-0.25, -0.2) is 0 Å². The second-order valence-electron chi connectivity index (χ2n) is 11.2. The molecule has 3 rings (SSSR count). The van der Waals surface area contributed by atoms with Crippen molar-refractivity contribution < 1.29 is 38.4 Å². The summed E-state index contributed by atoms with van der Waals surface area (Å²) in [5, 5.41) is 11.7. The molecule has 1 unspecified atom stereocenters. The van der Waals surface area contributed by atoms with Gasteiger partial charge in [0.25, 0.3) is 0 Å². The van der Waals surface area contributed by atoms with Crippen molar-refractivity contribution in [3.8, 4) is 0 Å². The van der Waals surface area contributed by atoms with E-state index in [0.717, 1.165) is 12.0 Å². The van der Waals surface area contributed by atoms with Gasteiger partial charge in [0.05, 0.1) is 17.4 Å². The number of ether oxygens (including phenoxy) is 4. The van der Waals surface area contributed by atoms with Crippen LogP contribution in [0.2, 0.25) is 0 Å². The molecule has 0 aromatic carbocycles. The fourth-order valence-corrected chi connectivity index (χ4v) is 6.45. The fraction of sp³-hybridized carbons (Fsp3) is 0.690. The van der Waals surface area contributed by atoms with E-state index in [1.807, 2.05) is 13.8 Å². The highest BCUT2D eigenvalue weighted by Gasteiger charge is 2.71. The number of hydrogen-bond acceptors (Lipinski definition) is 8. The maximum Gasteiger partial charge on any atom is 0.309 e. The van der Waals surface area contributed by atoms with Crippen LogP contribution in [0.15, 0.2) is 36.5 Å². The fourth-order valence-electron chi connectivity index (χ4n) is 6.45. The highest BCUT2D eigenvalue weighted by atomic mass is 16.8. The summed E-state index contributed by atoms with van der Waals surface area (Å²) in [6.45, 7) is 18.5. The summed E-state index contributed by atoms with van der Waals surface area (Å²) in [5.74, 6) is -1.99. The molecule has 1 saturated carbocycles. The average molecular weight is 519 g/mol. The quantitative estimate of drug-likeness (QED) is 0.204. The Balaban J connectivity index is 2.19. The third kappa shape index (κ3) is 5.28. The zero-order chi connectivity index (χ0) is 27.7. The molecule has 0 amide bonds. The lowest BCUT2D eigenvalue weighted by atomic mass is 9.45. The molecule has 1 N–H and O–H groups in total. The van der Waals surface area contributed by atoms with Crippen molar-refractivity contribution in [3.63, 3.8) is 0 Å². The molecule has 2 aliphatic carbocycles. The number of aliphatic hydroxyl groups excluding tert-OH is 1. The van der Waals surface area contributed by atoms with Gasteiger partial charge in [-0.3, -0.25) is 19.1 Å². The van der Waals surface area contributed by atoms with E-state index in [-0.39, 0.29) is 23.7 Å². The van der Waals surface area contributed by atoms with Crippen LogP contribution in [-0.4, -0.2) is 47.8 Å². The van der Waals surface area contributed by atoms with Gasteiger partial charge >= 0.3 is 17.9 Å². The van der Waals surface area contributed by atoms with Gasteiger partial charge in [0.1, 0.15) is 6.10 Å². The lowest BCUT2D eigenvalue weighted by Gasteiger charge is -2.60. The van der Waals surface area contributed by atoms with Crippen molar-refractivity contribution in [2.45, 2.75) is 98.4 Å². The summed E-state index contributed by atoms with van der Waals surface area (Å²) in [4.78, 5) is 37.0. The smallest absolute Gasteiger partial charge is 0.309 e. The monoisotopic (exact) mass is 518 g/mol. The average Bonchev–Trinajstić information content (AvgIpc) is 3.12. The molecule has 9 atom stereocenters. The lowest BCUT2D eigenvalue weighted by molar-refractivity contribution is -0.254. The largest absolute Gasteiger partial charge is 0.458 e. The molecular formula is C29H42O8. The number of hydrogen-bond donors (Lipinski definition) is 1. The summed E-state index contributed by atoms with van der Waals surface area (Å²) in [6.07, 6.45) is 2.45. The first-order valence-corrected chi connectivity index (χ1v) is 13.2. The van der Waals surface area contributed by atoms with Gasteiger partial charge in [0.15, 0.2) is 0 Å². The van der Waals surface area contributed by atoms with E-state index >= 15 is 0 Å². The van der Waals surface area contributed by atoms with E-state index in [1.165, 1.54) is 13.8 Å². The minimum Gasteiger partial charge on any atom is -0.458 e. The third-order valence-electron chi connectivity index (χ3n) is 8.95. The Morgan fingerprint density at radius 1 is 1.22 bits per heavy atom. The summed E-state index contributed by atoms with van der Waals surface area (Å²) in [6, 6.07) is 0. The van der Waals surface area contributed by atoms with Gasteiger partial charge < -0.3 is 19.3 Å². The summed E-state index contributed by atoms with van der Waals surface area (Å²) < 4.78 is 23.2. The molecule has 0 aromatic rings. The van der Waals surface area contributed by atoms with Crippen molar-refractivity contribution in [2.24, 2.45) is 28.6 Å². The molecule has 1 heterocycles. The summed E-state index contributed by atoms with van der Waals surface area (Å²) in [5.41, 5.74) is -0.169. The van der Waals surface area contributed by atoms with E-state index in [4.69, 9.17) is 18.9 Å². The van der Waals surface area contributed by atoms with Gasteiger partial charge in [0, 0.05) is 19.4 Å². The molecule has 1 spiro atoms. The maximum absolute atomic E-state index is 12.8. The van der Waals surface area contributed by atoms with Gasteiger partial charge in [-0.1, -0.05) is 52.5 Å². The van der Waals surface area contributed by atoms with Crippen LogP contribution in [0.25, 0.3) is 0 Å². The van der Waals surface area contributed by atoms with Crippen LogP contribution in [-0.2, 0) is 33.3 Å². The van der Waals surface area contributed by atoms with Crippen molar-refractivity contribution in [1.82, 2.24) is 0 Å². The first-order chi connectivity index (χ1) is 17.3. The van der Waals surface area contributed by atoms with E-state index in [0.29, 0.717) is 31.3 Å². The Hall–Kier alpha value is -2.45. The molecular weight excluding hydrogens is 476 g/mol. The molecule has 8 heteroatoms. The molecule has 37 heavy (non-hydrogen) atoms. The summed E-state index contributed by atoms with van der Waals surface area (Å²) in [7, 11) is 0. The lowest BCUT2D eigenvalue weighted by Crippen LogP contribution is -2.63. The predicted octanol–water partition coefficient (Wildman–Crippen LogP) is 4.62. The molecule has 2 fully saturated rings. The third-order valence-corrected chi connectivity index (χ3v) is 8.95. The molecule has 3 aliphatic rings. The SMILES string of the molecule is C=CC(=C)CC[C@]1(C)[C@H]2C[C@H](OC(=O)C(C)CC)C=C3[C@@H](OC(C)=O)O[C@@H](OC(C)=O)[C@@]32[C@H](O)C[C@@H]1C. The number of carbonyl (C=O) groups is 3. The van der Waals surface area contributed by atoms with E-state index < -0.39 is 47.6 Å². The Kier molecular flexibility index (Phi) is 8.75. The van der Waals surface area contributed by atoms with Crippen molar-refractivity contribution in [1.29, 1.82) is 0 Å². The standard InChI is InChI=1S/C29H42O8/c1-9-16(3)11-12-28(8)18(5)13-24(32)29-22(26(34-19(6)30)37-27(29)35-20(7)31)14-21(15-23(28)29)36-25(33)17(4)10-2/h9,14,17-18,21,23-24,26-27,32H,1,3,10-13,15H2,2,4-8H3/t17?,18-,21+,23+,24+,26-,27+,28-,29-/m0/s1. The highest BCUT2D eigenvalue weighted by molar-refractivity contribution is 5.72. The van der Waals surface area contributed by atoms with E-state index in [2.05, 4.69) is 27.0 Å². The van der Waals surface area contributed by atoms with Crippen LogP contribution in [0, 0.1) is 28.6 Å². The molecule has 0 aromatic heterocycles. The van der Waals surface area contributed by atoms with Crippen LogP contribution in [0.4, 0.5) is 0 Å². The zero-order valence-electron chi connectivity index (χ0n) is 23.0. The van der Waals surface area contributed by atoms with E-state index in [1.54, 1.807) is 12.2 Å². The minimum atomic E-state index is -1.18. The summed E-state index contributed by atoms with van der Waals surface area (Å²) >= 11 is 0. The van der Waals surface area contributed by atoms with Crippen molar-refractivity contribution >= 4 is 17.9 Å². The number of aliphatic hydroxyl groups is 1. The Labute approximate surface area is 220 Å². The van der Waals surface area contributed by atoms with Crippen molar-refractivity contribution in [2.75, 3.05) is 0 Å². The number of carbonyl (C=O) groups excluding carboxylic acids is 3. The topological polar surface area (TPSA) is 108 Å². The molecule has 206 valence electrons. The second kappa shape index (κ2) is 11.1. The van der Waals surface area contributed by atoms with Gasteiger partial charge in [-0.05, 0) is 55.4 Å². The maximum atomic E-state index is 12.8. The molecule has 0 bridgehead atoms. The Bertz CT molecular complexity index is 969. The van der Waals surface area contributed by atoms with Gasteiger partial charge in [0.2, 0.25) is 12.6 Å². The van der Waals surface area contributed by atoms with Crippen molar-refractivity contribution in [3.05, 3.63) is 36.5 Å². The number of rotatable bonds is 9. The molecule has 8 nitrogen and oxygen atoms in total. The Morgan fingerprint density at radius 3 is 2.43 bits per heavy atom. The normalized spacial score (nSPS) is 37.3. The molecule has 1 saturated heterocycles. The first-order valence-electron chi connectivity index (χ1n) is 13.2. The van der Waals surface area contributed by atoms with Crippen LogP contribution in [0.1, 0.15) is 73.6 Å². The minimum absolute atomic E-state index is 0.0757. The van der Waals surface area contributed by atoms with Gasteiger partial charge in [-0.2, -0.15) is 0 Å². The predicted molar refractivity (Wildman–Crippen MR) is 137 cm³/mol. The van der Waals surface area contributed by atoms with Gasteiger partial charge in [-0.15, -0.1) is 0 Å². The van der Waals surface area contributed by atoms with Crippen LogP contribution in [0.5, 0.6) is 0 Å². The number of esters is 3. The van der Waals surface area contributed by atoms with Crippen LogP contribution in [0.3, 0.4) is 0 Å². The van der Waals surface area contributed by atoms with E-state index in [9.17, 15) is 19.5 Å². The molecule has 1 aliphatic heterocycles. The second-order valence-corrected chi connectivity index (χ2v) is 11.2.